The number of aliphatic hydroxyl groups is 1. The topological polar surface area (TPSA) is 109 Å². The highest BCUT2D eigenvalue weighted by atomic mass is 32.2. The number of sulfonamides is 1. The molecule has 0 aliphatic carbocycles. The third kappa shape index (κ3) is 5.76. The Kier molecular flexibility index (Phi) is 8.23. The van der Waals surface area contributed by atoms with Crippen molar-refractivity contribution in [3.8, 4) is 5.75 Å². The van der Waals surface area contributed by atoms with E-state index in [1.54, 1.807) is 35.4 Å². The molecule has 3 heterocycles. The number of methoxy groups -OCH3 is 1. The Morgan fingerprint density at radius 1 is 0.900 bits per heavy atom. The van der Waals surface area contributed by atoms with Crippen molar-refractivity contribution < 1.29 is 27.8 Å². The number of carbonyl (C=O) groups is 1. The number of hydrogen-bond acceptors (Lipinski definition) is 7. The minimum Gasteiger partial charge on any atom is -0.497 e. The van der Waals surface area contributed by atoms with Crippen molar-refractivity contribution >= 4 is 15.9 Å². The molecule has 3 aromatic rings. The number of hydrogen-bond donors (Lipinski definition) is 1. The van der Waals surface area contributed by atoms with Gasteiger partial charge in [-0.25, -0.2) is 8.42 Å². The van der Waals surface area contributed by atoms with Crippen LogP contribution in [0.5, 0.6) is 5.75 Å². The van der Waals surface area contributed by atoms with Gasteiger partial charge in [0.25, 0.3) is 0 Å². The Balaban J connectivity index is 1.24. The van der Waals surface area contributed by atoms with Gasteiger partial charge in [-0.1, -0.05) is 36.4 Å². The summed E-state index contributed by atoms with van der Waals surface area (Å²) < 4.78 is 39.7. The number of amides is 1. The van der Waals surface area contributed by atoms with E-state index in [0.29, 0.717) is 50.2 Å². The molecule has 0 bridgehead atoms. The quantitative estimate of drug-likeness (QED) is 0.446. The number of likely N-dealkylation sites (tertiary alicyclic amines) is 1. The Morgan fingerprint density at radius 3 is 2.15 bits per heavy atom. The lowest BCUT2D eigenvalue weighted by atomic mass is 9.84. The zero-order valence-corrected chi connectivity index (χ0v) is 23.4. The molecule has 10 heteroatoms. The minimum atomic E-state index is -3.68. The average molecular weight is 566 g/mol. The monoisotopic (exact) mass is 565 g/mol. The standard InChI is InChI=1S/C30H35N3O6S/c1-38-25-10-12-26(13-11-25)40(36,37)33-21-16-30(17-22-33,24-7-3-2-4-8-24)39-23-28(34)32-19-14-29(35,15-20-32)27-9-5-6-18-31-27/h2-13,18,35H,14-17,19-23H2,1H3. The van der Waals surface area contributed by atoms with Gasteiger partial charge in [0, 0.05) is 32.4 Å². The second-order valence-electron chi connectivity index (χ2n) is 10.4. The fraction of sp³-hybridized carbons (Fsp3) is 0.400. The SMILES string of the molecule is COc1ccc(S(=O)(=O)N2CCC(OCC(=O)N3CCC(O)(c4ccccn4)CC3)(c3ccccc3)CC2)cc1. The first-order valence-electron chi connectivity index (χ1n) is 13.5. The smallest absolute Gasteiger partial charge is 0.248 e. The number of nitrogens with zero attached hydrogens (tertiary/aromatic N) is 3. The molecule has 2 aliphatic rings. The lowest BCUT2D eigenvalue weighted by Gasteiger charge is -2.42. The Hall–Kier alpha value is -3.31. The summed E-state index contributed by atoms with van der Waals surface area (Å²) in [6, 6.07) is 21.5. The summed E-state index contributed by atoms with van der Waals surface area (Å²) in [5.74, 6) is 0.445. The third-order valence-corrected chi connectivity index (χ3v) is 10.00. The molecular weight excluding hydrogens is 530 g/mol. The maximum atomic E-state index is 13.3. The molecule has 212 valence electrons. The van der Waals surface area contributed by atoms with Crippen LogP contribution in [0.4, 0.5) is 0 Å². The second kappa shape index (κ2) is 11.7. The van der Waals surface area contributed by atoms with Crippen LogP contribution in [-0.4, -0.2) is 73.5 Å². The van der Waals surface area contributed by atoms with Crippen molar-refractivity contribution in [3.63, 3.8) is 0 Å². The zero-order chi connectivity index (χ0) is 28.2. The Labute approximate surface area is 235 Å². The lowest BCUT2D eigenvalue weighted by Crippen LogP contribution is -2.49. The molecule has 0 radical (unpaired) electrons. The van der Waals surface area contributed by atoms with Gasteiger partial charge >= 0.3 is 0 Å². The number of rotatable bonds is 8. The van der Waals surface area contributed by atoms with Crippen LogP contribution in [0.25, 0.3) is 0 Å². The Bertz CT molecular complexity index is 1380. The number of carbonyl (C=O) groups excluding carboxylic acids is 1. The van der Waals surface area contributed by atoms with Crippen LogP contribution >= 0.6 is 0 Å². The molecule has 2 aliphatic heterocycles. The van der Waals surface area contributed by atoms with E-state index in [1.807, 2.05) is 48.5 Å². The van der Waals surface area contributed by atoms with Gasteiger partial charge in [-0.05, 0) is 67.6 Å². The van der Waals surface area contributed by atoms with E-state index in [4.69, 9.17) is 9.47 Å². The summed E-state index contributed by atoms with van der Waals surface area (Å²) in [5.41, 5.74) is -0.287. The Morgan fingerprint density at radius 2 is 1.55 bits per heavy atom. The number of pyridine rings is 1. The number of piperidine rings is 2. The molecule has 0 saturated carbocycles. The van der Waals surface area contributed by atoms with Gasteiger partial charge in [0.2, 0.25) is 15.9 Å². The highest BCUT2D eigenvalue weighted by Gasteiger charge is 2.42. The fourth-order valence-corrected chi connectivity index (χ4v) is 7.00. The van der Waals surface area contributed by atoms with Gasteiger partial charge in [-0.3, -0.25) is 9.78 Å². The van der Waals surface area contributed by atoms with E-state index in [1.165, 1.54) is 11.4 Å². The molecule has 0 atom stereocenters. The van der Waals surface area contributed by atoms with Crippen molar-refractivity contribution in [1.29, 1.82) is 0 Å². The summed E-state index contributed by atoms with van der Waals surface area (Å²) in [6.45, 7) is 1.21. The molecule has 2 saturated heterocycles. The van der Waals surface area contributed by atoms with E-state index < -0.39 is 21.2 Å². The molecule has 1 amide bonds. The molecular formula is C30H35N3O6S. The molecule has 9 nitrogen and oxygen atoms in total. The molecule has 40 heavy (non-hydrogen) atoms. The highest BCUT2D eigenvalue weighted by molar-refractivity contribution is 7.89. The molecule has 2 aromatic carbocycles. The maximum Gasteiger partial charge on any atom is 0.248 e. The first-order valence-corrected chi connectivity index (χ1v) is 15.0. The summed E-state index contributed by atoms with van der Waals surface area (Å²) in [5, 5.41) is 11.1. The summed E-state index contributed by atoms with van der Waals surface area (Å²) in [6.07, 6.45) is 3.29. The number of aromatic nitrogens is 1. The van der Waals surface area contributed by atoms with Gasteiger partial charge in [0.1, 0.15) is 18.0 Å². The molecule has 0 unspecified atom stereocenters. The van der Waals surface area contributed by atoms with Crippen molar-refractivity contribution in [2.45, 2.75) is 41.8 Å². The van der Waals surface area contributed by atoms with Crippen LogP contribution in [0.2, 0.25) is 0 Å². The lowest BCUT2D eigenvalue weighted by molar-refractivity contribution is -0.152. The summed E-state index contributed by atoms with van der Waals surface area (Å²) >= 11 is 0. The van der Waals surface area contributed by atoms with Crippen LogP contribution < -0.4 is 4.74 Å². The third-order valence-electron chi connectivity index (χ3n) is 8.08. The zero-order valence-electron chi connectivity index (χ0n) is 22.6. The predicted octanol–water partition coefficient (Wildman–Crippen LogP) is 3.30. The van der Waals surface area contributed by atoms with Crippen LogP contribution in [0, 0.1) is 0 Å². The number of benzene rings is 2. The second-order valence-corrected chi connectivity index (χ2v) is 12.3. The number of ether oxygens (including phenoxy) is 2. The van der Waals surface area contributed by atoms with Gasteiger partial charge in [0.05, 0.1) is 23.3 Å². The van der Waals surface area contributed by atoms with Crippen LogP contribution in [-0.2, 0) is 30.8 Å². The van der Waals surface area contributed by atoms with E-state index in [0.717, 1.165) is 5.56 Å². The molecule has 1 N–H and O–H groups in total. The first-order chi connectivity index (χ1) is 19.3. The summed E-state index contributed by atoms with van der Waals surface area (Å²) in [7, 11) is -2.15. The summed E-state index contributed by atoms with van der Waals surface area (Å²) in [4.78, 5) is 19.5. The maximum absolute atomic E-state index is 13.3. The van der Waals surface area contributed by atoms with Gasteiger partial charge in [0.15, 0.2) is 0 Å². The van der Waals surface area contributed by atoms with E-state index >= 15 is 0 Å². The first kappa shape index (κ1) is 28.2. The molecule has 2 fully saturated rings. The van der Waals surface area contributed by atoms with Crippen molar-refractivity contribution in [2.75, 3.05) is 39.9 Å². The van der Waals surface area contributed by atoms with E-state index in [2.05, 4.69) is 4.98 Å². The van der Waals surface area contributed by atoms with Crippen LogP contribution in [0.15, 0.2) is 83.9 Å². The fourth-order valence-electron chi connectivity index (χ4n) is 5.55. The van der Waals surface area contributed by atoms with Crippen molar-refractivity contribution in [3.05, 3.63) is 90.3 Å². The van der Waals surface area contributed by atoms with Gasteiger partial charge in [-0.15, -0.1) is 0 Å². The highest BCUT2D eigenvalue weighted by Crippen LogP contribution is 2.39. The van der Waals surface area contributed by atoms with Crippen LogP contribution in [0.1, 0.15) is 36.9 Å². The van der Waals surface area contributed by atoms with Crippen molar-refractivity contribution in [2.24, 2.45) is 0 Å². The average Bonchev–Trinajstić information content (AvgIpc) is 3.01. The van der Waals surface area contributed by atoms with E-state index in [-0.39, 0.29) is 30.5 Å². The van der Waals surface area contributed by atoms with Crippen LogP contribution in [0.3, 0.4) is 0 Å². The van der Waals surface area contributed by atoms with Crippen molar-refractivity contribution in [1.82, 2.24) is 14.2 Å². The predicted molar refractivity (Wildman–Crippen MR) is 149 cm³/mol. The normalized spacial score (nSPS) is 19.2. The van der Waals surface area contributed by atoms with E-state index in [9.17, 15) is 18.3 Å². The largest absolute Gasteiger partial charge is 0.497 e. The van der Waals surface area contributed by atoms with Gasteiger partial charge < -0.3 is 19.5 Å². The molecule has 5 rings (SSSR count). The molecule has 0 spiro atoms. The molecule has 1 aromatic heterocycles. The van der Waals surface area contributed by atoms with Gasteiger partial charge in [-0.2, -0.15) is 4.31 Å². The minimum absolute atomic E-state index is 0.123.